The van der Waals surface area contributed by atoms with E-state index in [4.69, 9.17) is 22.1 Å². The van der Waals surface area contributed by atoms with Crippen LogP contribution in [0.25, 0.3) is 10.2 Å². The molecule has 0 radical (unpaired) electrons. The Bertz CT molecular complexity index is 909. The van der Waals surface area contributed by atoms with Crippen LogP contribution < -0.4 is 10.6 Å². The summed E-state index contributed by atoms with van der Waals surface area (Å²) in [4.78, 5) is 16.7. The Morgan fingerprint density at radius 1 is 1.31 bits per heavy atom. The Hall–Kier alpha value is -1.80. The fourth-order valence-electron chi connectivity index (χ4n) is 3.17. The molecule has 1 aliphatic rings. The number of fused-ring (bicyclic) bond motifs is 1. The van der Waals surface area contributed by atoms with Crippen LogP contribution in [-0.4, -0.2) is 41.3 Å². The molecule has 1 aliphatic heterocycles. The molecule has 0 aliphatic carbocycles. The number of hydrogen-bond acceptors (Lipinski definition) is 7. The smallest absolute Gasteiger partial charge is 0.224 e. The van der Waals surface area contributed by atoms with E-state index in [1.165, 1.54) is 0 Å². The number of halogens is 1. The van der Waals surface area contributed by atoms with Crippen molar-refractivity contribution in [3.8, 4) is 0 Å². The zero-order valence-electron chi connectivity index (χ0n) is 14.5. The molecule has 0 saturated carbocycles. The highest BCUT2D eigenvalue weighted by Gasteiger charge is 2.25. The van der Waals surface area contributed by atoms with Crippen molar-refractivity contribution in [2.45, 2.75) is 18.9 Å². The van der Waals surface area contributed by atoms with Gasteiger partial charge < -0.3 is 15.4 Å². The van der Waals surface area contributed by atoms with Gasteiger partial charge in [-0.25, -0.2) is 4.98 Å². The van der Waals surface area contributed by atoms with Gasteiger partial charge in [0.15, 0.2) is 5.82 Å². The maximum absolute atomic E-state index is 6.56. The molecule has 0 bridgehead atoms. The van der Waals surface area contributed by atoms with Gasteiger partial charge in [-0.15, -0.1) is 11.3 Å². The molecule has 0 amide bonds. The highest BCUT2D eigenvalue weighted by molar-refractivity contribution is 7.19. The highest BCUT2D eigenvalue weighted by atomic mass is 35.5. The van der Waals surface area contributed by atoms with E-state index in [1.807, 2.05) is 25.1 Å². The van der Waals surface area contributed by atoms with Gasteiger partial charge in [0, 0.05) is 30.6 Å². The molecule has 136 valence electrons. The summed E-state index contributed by atoms with van der Waals surface area (Å²) in [7, 11) is 0. The predicted octanol–water partition coefficient (Wildman–Crippen LogP) is 2.99. The van der Waals surface area contributed by atoms with Crippen LogP contribution in [-0.2, 0) is 16.7 Å². The van der Waals surface area contributed by atoms with Crippen LogP contribution in [0, 0.1) is 0 Å². The average Bonchev–Trinajstić information content (AvgIpc) is 3.03. The molecule has 4 rings (SSSR count). The van der Waals surface area contributed by atoms with Crippen LogP contribution in [0.1, 0.15) is 17.5 Å². The zero-order chi connectivity index (χ0) is 18.1. The molecule has 1 saturated heterocycles. The maximum Gasteiger partial charge on any atom is 0.224 e. The fraction of sp³-hybridized carbons (Fsp3) is 0.389. The van der Waals surface area contributed by atoms with Gasteiger partial charge in [-0.2, -0.15) is 4.98 Å². The van der Waals surface area contributed by atoms with Crippen molar-refractivity contribution in [3.05, 3.63) is 46.3 Å². The lowest BCUT2D eigenvalue weighted by molar-refractivity contribution is 0.122. The van der Waals surface area contributed by atoms with Gasteiger partial charge in [0.2, 0.25) is 5.28 Å². The van der Waals surface area contributed by atoms with Crippen molar-refractivity contribution in [1.29, 1.82) is 0 Å². The quantitative estimate of drug-likeness (QED) is 0.691. The Morgan fingerprint density at radius 3 is 2.85 bits per heavy atom. The molecule has 1 unspecified atom stereocenters. The highest BCUT2D eigenvalue weighted by Crippen LogP contribution is 2.35. The molecule has 26 heavy (non-hydrogen) atoms. The number of pyridine rings is 1. The van der Waals surface area contributed by atoms with Crippen molar-refractivity contribution in [2.24, 2.45) is 5.73 Å². The molecule has 1 fully saturated rings. The number of hydrogen-bond donors (Lipinski definition) is 1. The summed E-state index contributed by atoms with van der Waals surface area (Å²) in [6.45, 7) is 5.00. The molecular weight excluding hydrogens is 370 g/mol. The van der Waals surface area contributed by atoms with Crippen LogP contribution in [0.4, 0.5) is 5.82 Å². The first-order chi connectivity index (χ1) is 12.5. The molecule has 8 heteroatoms. The SMILES string of the molecule is CC(N)(Cc1cc2nc(Cl)nc(N3CCOCC3)c2s1)c1ccccn1. The van der Waals surface area contributed by atoms with Gasteiger partial charge in [-0.05, 0) is 36.7 Å². The molecule has 2 N–H and O–H groups in total. The van der Waals surface area contributed by atoms with Crippen LogP contribution >= 0.6 is 22.9 Å². The summed E-state index contributed by atoms with van der Waals surface area (Å²) >= 11 is 7.84. The Labute approximate surface area is 161 Å². The number of rotatable bonds is 4. The van der Waals surface area contributed by atoms with E-state index < -0.39 is 5.54 Å². The second kappa shape index (κ2) is 7.08. The van der Waals surface area contributed by atoms with E-state index in [-0.39, 0.29) is 5.28 Å². The zero-order valence-corrected chi connectivity index (χ0v) is 16.1. The van der Waals surface area contributed by atoms with Crippen molar-refractivity contribution in [1.82, 2.24) is 15.0 Å². The van der Waals surface area contributed by atoms with E-state index in [1.54, 1.807) is 17.5 Å². The summed E-state index contributed by atoms with van der Waals surface area (Å²) in [5.41, 5.74) is 7.74. The maximum atomic E-state index is 6.56. The summed E-state index contributed by atoms with van der Waals surface area (Å²) < 4.78 is 6.49. The molecule has 3 aromatic rings. The molecule has 6 nitrogen and oxygen atoms in total. The Kier molecular flexibility index (Phi) is 4.79. The van der Waals surface area contributed by atoms with E-state index in [0.717, 1.165) is 39.7 Å². The molecule has 0 spiro atoms. The van der Waals surface area contributed by atoms with Gasteiger partial charge in [-0.3, -0.25) is 4.98 Å². The second-order valence-corrected chi connectivity index (χ2v) is 8.13. The van der Waals surface area contributed by atoms with Crippen LogP contribution in [0.2, 0.25) is 5.28 Å². The number of ether oxygens (including phenoxy) is 1. The third-order valence-electron chi connectivity index (χ3n) is 4.48. The van der Waals surface area contributed by atoms with Crippen LogP contribution in [0.5, 0.6) is 0 Å². The summed E-state index contributed by atoms with van der Waals surface area (Å²) in [5, 5.41) is 0.267. The first kappa shape index (κ1) is 17.6. The molecule has 1 atom stereocenters. The first-order valence-corrected chi connectivity index (χ1v) is 9.71. The number of nitrogens with two attached hydrogens (primary N) is 1. The van der Waals surface area contributed by atoms with Crippen molar-refractivity contribution in [3.63, 3.8) is 0 Å². The molecule has 0 aromatic carbocycles. The largest absolute Gasteiger partial charge is 0.378 e. The lowest BCUT2D eigenvalue weighted by Crippen LogP contribution is -2.36. The minimum absolute atomic E-state index is 0.267. The monoisotopic (exact) mass is 389 g/mol. The van der Waals surface area contributed by atoms with E-state index >= 15 is 0 Å². The summed E-state index contributed by atoms with van der Waals surface area (Å²) in [5.74, 6) is 0.885. The number of morpholine rings is 1. The van der Waals surface area contributed by atoms with Gasteiger partial charge >= 0.3 is 0 Å². The molecular formula is C18H20ClN5OS. The minimum atomic E-state index is -0.557. The Morgan fingerprint density at radius 2 is 2.12 bits per heavy atom. The van der Waals surface area contributed by atoms with Crippen LogP contribution in [0.3, 0.4) is 0 Å². The van der Waals surface area contributed by atoms with Crippen molar-refractivity contribution in [2.75, 3.05) is 31.2 Å². The normalized spacial score (nSPS) is 17.4. The Balaban J connectivity index is 1.69. The fourth-order valence-corrected chi connectivity index (χ4v) is 4.62. The van der Waals surface area contributed by atoms with Gasteiger partial charge in [0.05, 0.1) is 34.7 Å². The minimum Gasteiger partial charge on any atom is -0.378 e. The number of thiophene rings is 1. The van der Waals surface area contributed by atoms with Gasteiger partial charge in [-0.1, -0.05) is 6.07 Å². The van der Waals surface area contributed by atoms with E-state index in [9.17, 15) is 0 Å². The average molecular weight is 390 g/mol. The third kappa shape index (κ3) is 3.53. The predicted molar refractivity (Wildman–Crippen MR) is 105 cm³/mol. The second-order valence-electron chi connectivity index (χ2n) is 6.65. The number of anilines is 1. The van der Waals surface area contributed by atoms with Crippen molar-refractivity contribution < 1.29 is 4.74 Å². The first-order valence-electron chi connectivity index (χ1n) is 8.52. The summed E-state index contributed by atoms with van der Waals surface area (Å²) in [6, 6.07) is 7.88. The van der Waals surface area contributed by atoms with E-state index in [2.05, 4.69) is 25.9 Å². The topological polar surface area (TPSA) is 77.2 Å². The lowest BCUT2D eigenvalue weighted by Gasteiger charge is -2.28. The van der Waals surface area contributed by atoms with E-state index in [0.29, 0.717) is 19.6 Å². The van der Waals surface area contributed by atoms with Gasteiger partial charge in [0.25, 0.3) is 0 Å². The van der Waals surface area contributed by atoms with Gasteiger partial charge in [0.1, 0.15) is 0 Å². The van der Waals surface area contributed by atoms with Crippen molar-refractivity contribution >= 4 is 39.0 Å². The molecule has 4 heterocycles. The lowest BCUT2D eigenvalue weighted by atomic mass is 9.93. The molecule has 3 aromatic heterocycles. The number of nitrogens with zero attached hydrogens (tertiary/aromatic N) is 4. The third-order valence-corrected chi connectivity index (χ3v) is 5.77. The number of aromatic nitrogens is 3. The standard InChI is InChI=1S/C18H20ClN5OS/c1-18(20,14-4-2-3-5-21-14)11-12-10-13-15(26-12)16(23-17(19)22-13)24-6-8-25-9-7-24/h2-5,10H,6-9,11,20H2,1H3. The summed E-state index contributed by atoms with van der Waals surface area (Å²) in [6.07, 6.45) is 2.44. The van der Waals surface area contributed by atoms with Crippen LogP contribution in [0.15, 0.2) is 30.5 Å².